The molecule has 0 spiro atoms. The highest BCUT2D eigenvalue weighted by molar-refractivity contribution is 5.98. The van der Waals surface area contributed by atoms with E-state index < -0.39 is 0 Å². The van der Waals surface area contributed by atoms with E-state index in [1.165, 1.54) is 11.1 Å². The molecule has 15 heavy (non-hydrogen) atoms. The molecule has 0 aliphatic rings. The first-order valence-electron chi connectivity index (χ1n) is 5.55. The average molecular weight is 204 g/mol. The summed E-state index contributed by atoms with van der Waals surface area (Å²) in [7, 11) is 0. The third-order valence-corrected chi connectivity index (χ3v) is 3.20. The van der Waals surface area contributed by atoms with Gasteiger partial charge < -0.3 is 0 Å². The minimum absolute atomic E-state index is 0.104. The third kappa shape index (κ3) is 2.68. The van der Waals surface area contributed by atoms with Gasteiger partial charge >= 0.3 is 0 Å². The van der Waals surface area contributed by atoms with Crippen molar-refractivity contribution >= 4 is 5.78 Å². The standard InChI is InChI=1S/C14H20O/c1-9(2)12(5)14(15)13-7-6-10(3)11(4)8-13/h6-9,12H,1-5H3. The molecule has 0 aliphatic carbocycles. The van der Waals surface area contributed by atoms with Crippen molar-refractivity contribution in [1.29, 1.82) is 0 Å². The summed E-state index contributed by atoms with van der Waals surface area (Å²) < 4.78 is 0. The van der Waals surface area contributed by atoms with E-state index in [4.69, 9.17) is 0 Å². The van der Waals surface area contributed by atoms with E-state index in [1.54, 1.807) is 0 Å². The number of ketones is 1. The van der Waals surface area contributed by atoms with Gasteiger partial charge in [0, 0.05) is 11.5 Å². The summed E-state index contributed by atoms with van der Waals surface area (Å²) in [6.07, 6.45) is 0. The fourth-order valence-corrected chi connectivity index (χ4v) is 1.46. The molecule has 0 aromatic heterocycles. The molecule has 1 heteroatoms. The predicted octanol–water partition coefficient (Wildman–Crippen LogP) is 3.78. The number of hydrogen-bond donors (Lipinski definition) is 0. The van der Waals surface area contributed by atoms with E-state index in [-0.39, 0.29) is 11.7 Å². The molecule has 0 saturated carbocycles. The summed E-state index contributed by atoms with van der Waals surface area (Å²) >= 11 is 0. The summed E-state index contributed by atoms with van der Waals surface area (Å²) in [5, 5.41) is 0. The van der Waals surface area contributed by atoms with Crippen LogP contribution < -0.4 is 0 Å². The smallest absolute Gasteiger partial charge is 0.165 e. The maximum atomic E-state index is 12.0. The first kappa shape index (κ1) is 12.0. The monoisotopic (exact) mass is 204 g/mol. The van der Waals surface area contributed by atoms with Crippen LogP contribution in [0.5, 0.6) is 0 Å². The first-order valence-corrected chi connectivity index (χ1v) is 5.55. The lowest BCUT2D eigenvalue weighted by Gasteiger charge is -2.14. The number of benzene rings is 1. The highest BCUT2D eigenvalue weighted by Crippen LogP contribution is 2.18. The Morgan fingerprint density at radius 3 is 2.13 bits per heavy atom. The van der Waals surface area contributed by atoms with E-state index in [1.807, 2.05) is 32.0 Å². The number of Topliss-reactive ketones (excluding diaryl/α,β-unsaturated/α-hetero) is 1. The largest absolute Gasteiger partial charge is 0.294 e. The first-order chi connectivity index (χ1) is 6.93. The quantitative estimate of drug-likeness (QED) is 0.685. The van der Waals surface area contributed by atoms with Gasteiger partial charge in [0.2, 0.25) is 0 Å². The molecule has 0 saturated heterocycles. The van der Waals surface area contributed by atoms with Crippen molar-refractivity contribution in [3.63, 3.8) is 0 Å². The van der Waals surface area contributed by atoms with Crippen LogP contribution in [0, 0.1) is 25.7 Å². The molecule has 1 atom stereocenters. The van der Waals surface area contributed by atoms with Crippen LogP contribution in [0.1, 0.15) is 42.3 Å². The van der Waals surface area contributed by atoms with E-state index in [0.29, 0.717) is 5.92 Å². The van der Waals surface area contributed by atoms with Gasteiger partial charge in [-0.2, -0.15) is 0 Å². The SMILES string of the molecule is Cc1ccc(C(=O)C(C)C(C)C)cc1C. The maximum Gasteiger partial charge on any atom is 0.165 e. The second-order valence-electron chi connectivity index (χ2n) is 4.70. The molecular formula is C14H20O. The molecular weight excluding hydrogens is 184 g/mol. The second kappa shape index (κ2) is 4.61. The molecule has 1 aromatic carbocycles. The molecule has 82 valence electrons. The third-order valence-electron chi connectivity index (χ3n) is 3.20. The molecule has 0 fully saturated rings. The van der Waals surface area contributed by atoms with Crippen molar-refractivity contribution in [2.45, 2.75) is 34.6 Å². The number of aryl methyl sites for hydroxylation is 2. The topological polar surface area (TPSA) is 17.1 Å². The Hall–Kier alpha value is -1.11. The Labute approximate surface area is 92.5 Å². The van der Waals surface area contributed by atoms with E-state index in [2.05, 4.69) is 20.8 Å². The summed E-state index contributed by atoms with van der Waals surface area (Å²) in [6, 6.07) is 5.95. The summed E-state index contributed by atoms with van der Waals surface area (Å²) in [6.45, 7) is 10.3. The Kier molecular flexibility index (Phi) is 3.67. The number of hydrogen-bond acceptors (Lipinski definition) is 1. The molecule has 1 aromatic rings. The van der Waals surface area contributed by atoms with Crippen LogP contribution in [0.4, 0.5) is 0 Å². The van der Waals surface area contributed by atoms with Gasteiger partial charge in [-0.05, 0) is 37.0 Å². The van der Waals surface area contributed by atoms with Crippen molar-refractivity contribution in [1.82, 2.24) is 0 Å². The molecule has 0 bridgehead atoms. The fourth-order valence-electron chi connectivity index (χ4n) is 1.46. The Balaban J connectivity index is 2.97. The zero-order valence-electron chi connectivity index (χ0n) is 10.3. The molecule has 1 nitrogen and oxygen atoms in total. The lowest BCUT2D eigenvalue weighted by Crippen LogP contribution is -2.17. The van der Waals surface area contributed by atoms with Crippen molar-refractivity contribution in [2.24, 2.45) is 11.8 Å². The summed E-state index contributed by atoms with van der Waals surface area (Å²) in [5.74, 6) is 0.763. The molecule has 1 unspecified atom stereocenters. The second-order valence-corrected chi connectivity index (χ2v) is 4.70. The normalized spacial score (nSPS) is 12.9. The fraction of sp³-hybridized carbons (Fsp3) is 0.500. The van der Waals surface area contributed by atoms with Gasteiger partial charge in [-0.1, -0.05) is 32.9 Å². The van der Waals surface area contributed by atoms with E-state index in [0.717, 1.165) is 5.56 Å². The highest BCUT2D eigenvalue weighted by Gasteiger charge is 2.18. The van der Waals surface area contributed by atoms with Crippen molar-refractivity contribution < 1.29 is 4.79 Å². The van der Waals surface area contributed by atoms with Gasteiger partial charge in [-0.15, -0.1) is 0 Å². The molecule has 0 aliphatic heterocycles. The highest BCUT2D eigenvalue weighted by atomic mass is 16.1. The van der Waals surface area contributed by atoms with Crippen molar-refractivity contribution in [3.8, 4) is 0 Å². The van der Waals surface area contributed by atoms with Gasteiger partial charge in [0.15, 0.2) is 5.78 Å². The van der Waals surface area contributed by atoms with Crippen LogP contribution in [0.25, 0.3) is 0 Å². The zero-order chi connectivity index (χ0) is 11.6. The number of rotatable bonds is 3. The van der Waals surface area contributed by atoms with Gasteiger partial charge in [0.1, 0.15) is 0 Å². The molecule has 0 amide bonds. The van der Waals surface area contributed by atoms with Gasteiger partial charge in [0.05, 0.1) is 0 Å². The van der Waals surface area contributed by atoms with Crippen LogP contribution in [0.3, 0.4) is 0 Å². The minimum Gasteiger partial charge on any atom is -0.294 e. The maximum absolute atomic E-state index is 12.0. The van der Waals surface area contributed by atoms with Crippen LogP contribution in [-0.4, -0.2) is 5.78 Å². The number of carbonyl (C=O) groups excluding carboxylic acids is 1. The Morgan fingerprint density at radius 1 is 1.07 bits per heavy atom. The molecule has 0 heterocycles. The van der Waals surface area contributed by atoms with Gasteiger partial charge in [-0.25, -0.2) is 0 Å². The minimum atomic E-state index is 0.104. The van der Waals surface area contributed by atoms with Crippen LogP contribution >= 0.6 is 0 Å². The molecule has 0 radical (unpaired) electrons. The van der Waals surface area contributed by atoms with Crippen molar-refractivity contribution in [3.05, 3.63) is 34.9 Å². The predicted molar refractivity (Wildman–Crippen MR) is 64.2 cm³/mol. The Morgan fingerprint density at radius 2 is 1.67 bits per heavy atom. The summed E-state index contributed by atoms with van der Waals surface area (Å²) in [5.41, 5.74) is 3.28. The zero-order valence-corrected chi connectivity index (χ0v) is 10.3. The van der Waals surface area contributed by atoms with Gasteiger partial charge in [0.25, 0.3) is 0 Å². The van der Waals surface area contributed by atoms with Crippen LogP contribution in [-0.2, 0) is 0 Å². The lowest BCUT2D eigenvalue weighted by molar-refractivity contribution is 0.0899. The molecule has 0 N–H and O–H groups in total. The van der Waals surface area contributed by atoms with E-state index in [9.17, 15) is 4.79 Å². The van der Waals surface area contributed by atoms with E-state index >= 15 is 0 Å². The lowest BCUT2D eigenvalue weighted by atomic mass is 9.89. The van der Waals surface area contributed by atoms with Gasteiger partial charge in [-0.3, -0.25) is 4.79 Å². The Bertz CT molecular complexity index is 364. The average Bonchev–Trinajstić information content (AvgIpc) is 2.19. The van der Waals surface area contributed by atoms with Crippen molar-refractivity contribution in [2.75, 3.05) is 0 Å². The van der Waals surface area contributed by atoms with Crippen LogP contribution in [0.2, 0.25) is 0 Å². The summed E-state index contributed by atoms with van der Waals surface area (Å²) in [4.78, 5) is 12.0. The number of carbonyl (C=O) groups is 1. The molecule has 1 rings (SSSR count). The van der Waals surface area contributed by atoms with Crippen LogP contribution in [0.15, 0.2) is 18.2 Å².